The van der Waals surface area contributed by atoms with Gasteiger partial charge in [0.05, 0.1) is 11.1 Å². The Balaban J connectivity index is 1.49. The summed E-state index contributed by atoms with van der Waals surface area (Å²) in [6, 6.07) is 8.87. The number of ether oxygens (including phenoxy) is 2. The summed E-state index contributed by atoms with van der Waals surface area (Å²) < 4.78 is 48.5. The minimum Gasteiger partial charge on any atom is -0.486 e. The molecule has 1 aliphatic rings. The molecule has 2 aromatic rings. The summed E-state index contributed by atoms with van der Waals surface area (Å²) in [5.74, 6) is -0.0440. The summed E-state index contributed by atoms with van der Waals surface area (Å²) in [7, 11) is 0. The number of carbonyl (C=O) groups excluding carboxylic acids is 2. The second-order valence-electron chi connectivity index (χ2n) is 5.92. The Morgan fingerprint density at radius 1 is 0.893 bits per heavy atom. The van der Waals surface area contributed by atoms with E-state index in [1.807, 2.05) is 0 Å². The van der Waals surface area contributed by atoms with E-state index in [1.54, 1.807) is 18.2 Å². The van der Waals surface area contributed by atoms with Crippen molar-refractivity contribution in [3.05, 3.63) is 59.2 Å². The molecular formula is C19H17F3N2O4. The quantitative estimate of drug-likeness (QED) is 0.765. The molecule has 28 heavy (non-hydrogen) atoms. The van der Waals surface area contributed by atoms with E-state index in [-0.39, 0.29) is 24.6 Å². The molecule has 9 heteroatoms. The SMILES string of the molecule is O=C(NCCNC(=O)c1cccc2c1OCCO2)c1ccc(C(F)(F)F)cc1. The first kappa shape index (κ1) is 19.5. The molecule has 0 bridgehead atoms. The Hall–Kier alpha value is -3.23. The highest BCUT2D eigenvalue weighted by atomic mass is 19.4. The topological polar surface area (TPSA) is 76.7 Å². The van der Waals surface area contributed by atoms with Gasteiger partial charge in [-0.05, 0) is 36.4 Å². The lowest BCUT2D eigenvalue weighted by molar-refractivity contribution is -0.137. The van der Waals surface area contributed by atoms with Crippen molar-refractivity contribution in [3.63, 3.8) is 0 Å². The number of amides is 2. The number of fused-ring (bicyclic) bond motifs is 1. The number of rotatable bonds is 5. The van der Waals surface area contributed by atoms with Gasteiger partial charge in [0.25, 0.3) is 11.8 Å². The van der Waals surface area contributed by atoms with Crippen molar-refractivity contribution < 1.29 is 32.2 Å². The first-order chi connectivity index (χ1) is 13.4. The van der Waals surface area contributed by atoms with Crippen LogP contribution in [0.1, 0.15) is 26.3 Å². The number of para-hydroxylation sites is 1. The Labute approximate surface area is 158 Å². The van der Waals surface area contributed by atoms with Crippen molar-refractivity contribution in [1.82, 2.24) is 10.6 Å². The van der Waals surface area contributed by atoms with Crippen LogP contribution in [0, 0.1) is 0 Å². The van der Waals surface area contributed by atoms with Crippen LogP contribution < -0.4 is 20.1 Å². The first-order valence-electron chi connectivity index (χ1n) is 8.48. The number of benzene rings is 2. The lowest BCUT2D eigenvalue weighted by atomic mass is 10.1. The maximum Gasteiger partial charge on any atom is 0.416 e. The summed E-state index contributed by atoms with van der Waals surface area (Å²) in [4.78, 5) is 24.3. The molecule has 1 aliphatic heterocycles. The lowest BCUT2D eigenvalue weighted by Crippen LogP contribution is -2.35. The number of halogens is 3. The number of nitrogens with one attached hydrogen (secondary N) is 2. The third-order valence-electron chi connectivity index (χ3n) is 3.98. The summed E-state index contributed by atoms with van der Waals surface area (Å²) in [6.07, 6.45) is -4.45. The van der Waals surface area contributed by atoms with Gasteiger partial charge in [0.2, 0.25) is 0 Å². The number of hydrogen-bond donors (Lipinski definition) is 2. The zero-order valence-electron chi connectivity index (χ0n) is 14.6. The normalized spacial score (nSPS) is 13.0. The van der Waals surface area contributed by atoms with Crippen LogP contribution in [0.25, 0.3) is 0 Å². The molecule has 6 nitrogen and oxygen atoms in total. The zero-order valence-corrected chi connectivity index (χ0v) is 14.6. The van der Waals surface area contributed by atoms with Crippen LogP contribution in [0.15, 0.2) is 42.5 Å². The maximum absolute atomic E-state index is 12.5. The highest BCUT2D eigenvalue weighted by Gasteiger charge is 2.30. The van der Waals surface area contributed by atoms with Crippen LogP contribution >= 0.6 is 0 Å². The average Bonchev–Trinajstić information content (AvgIpc) is 2.70. The van der Waals surface area contributed by atoms with E-state index >= 15 is 0 Å². The summed E-state index contributed by atoms with van der Waals surface area (Å²) in [5.41, 5.74) is -0.401. The first-order valence-corrected chi connectivity index (χ1v) is 8.48. The van der Waals surface area contributed by atoms with Crippen LogP contribution in [-0.2, 0) is 6.18 Å². The van der Waals surface area contributed by atoms with Crippen LogP contribution in [0.3, 0.4) is 0 Å². The molecule has 148 valence electrons. The van der Waals surface area contributed by atoms with Crippen LogP contribution in [0.2, 0.25) is 0 Å². The molecule has 0 radical (unpaired) electrons. The molecule has 2 aromatic carbocycles. The smallest absolute Gasteiger partial charge is 0.416 e. The molecular weight excluding hydrogens is 377 g/mol. The number of alkyl halides is 3. The summed E-state index contributed by atoms with van der Waals surface area (Å²) >= 11 is 0. The van der Waals surface area contributed by atoms with E-state index in [4.69, 9.17) is 9.47 Å². The molecule has 0 aliphatic carbocycles. The number of carbonyl (C=O) groups is 2. The van der Waals surface area contributed by atoms with Gasteiger partial charge in [-0.25, -0.2) is 0 Å². The second-order valence-corrected chi connectivity index (χ2v) is 5.92. The Morgan fingerprint density at radius 2 is 1.54 bits per heavy atom. The minimum absolute atomic E-state index is 0.0991. The van der Waals surface area contributed by atoms with Gasteiger partial charge < -0.3 is 20.1 Å². The third kappa shape index (κ3) is 4.54. The maximum atomic E-state index is 12.5. The predicted molar refractivity (Wildman–Crippen MR) is 93.5 cm³/mol. The molecule has 0 atom stereocenters. The fraction of sp³-hybridized carbons (Fsp3) is 0.263. The molecule has 0 unspecified atom stereocenters. The highest BCUT2D eigenvalue weighted by molar-refractivity contribution is 5.98. The van der Waals surface area contributed by atoms with Gasteiger partial charge in [-0.2, -0.15) is 13.2 Å². The monoisotopic (exact) mass is 394 g/mol. The molecule has 3 rings (SSSR count). The van der Waals surface area contributed by atoms with Gasteiger partial charge in [0.15, 0.2) is 11.5 Å². The van der Waals surface area contributed by atoms with Gasteiger partial charge in [0.1, 0.15) is 13.2 Å². The van der Waals surface area contributed by atoms with Crippen LogP contribution in [0.4, 0.5) is 13.2 Å². The Morgan fingerprint density at radius 3 is 2.21 bits per heavy atom. The van der Waals surface area contributed by atoms with Crippen LogP contribution in [0.5, 0.6) is 11.5 Å². The van der Waals surface area contributed by atoms with Crippen molar-refractivity contribution in [3.8, 4) is 11.5 Å². The predicted octanol–water partition coefficient (Wildman–Crippen LogP) is 2.64. The average molecular weight is 394 g/mol. The molecule has 0 aromatic heterocycles. The molecule has 0 fully saturated rings. The largest absolute Gasteiger partial charge is 0.486 e. The van der Waals surface area contributed by atoms with Gasteiger partial charge in [0, 0.05) is 18.7 Å². The van der Waals surface area contributed by atoms with Gasteiger partial charge in [-0.3, -0.25) is 9.59 Å². The minimum atomic E-state index is -4.45. The fourth-order valence-electron chi connectivity index (χ4n) is 2.61. The molecule has 0 saturated heterocycles. The Kier molecular flexibility index (Phi) is 5.72. The summed E-state index contributed by atoms with van der Waals surface area (Å²) in [5, 5.41) is 5.18. The molecule has 2 amide bonds. The lowest BCUT2D eigenvalue weighted by Gasteiger charge is -2.20. The van der Waals surface area contributed by atoms with E-state index in [0.29, 0.717) is 30.3 Å². The molecule has 0 saturated carbocycles. The number of hydrogen-bond acceptors (Lipinski definition) is 4. The van der Waals surface area contributed by atoms with Crippen molar-refractivity contribution in [2.24, 2.45) is 0 Å². The third-order valence-corrected chi connectivity index (χ3v) is 3.98. The van der Waals surface area contributed by atoms with E-state index < -0.39 is 17.6 Å². The standard InChI is InChI=1S/C19H17F3N2O4/c20-19(21,22)13-6-4-12(5-7-13)17(25)23-8-9-24-18(26)14-2-1-3-15-16(14)28-11-10-27-15/h1-7H,8-11H2,(H,23,25)(H,24,26). The van der Waals surface area contributed by atoms with Gasteiger partial charge in [-0.1, -0.05) is 6.07 Å². The molecule has 2 N–H and O–H groups in total. The van der Waals surface area contributed by atoms with E-state index in [1.165, 1.54) is 0 Å². The molecule has 0 spiro atoms. The second kappa shape index (κ2) is 8.20. The molecule has 1 heterocycles. The Bertz CT molecular complexity index is 866. The van der Waals surface area contributed by atoms with Gasteiger partial charge >= 0.3 is 6.18 Å². The highest BCUT2D eigenvalue weighted by Crippen LogP contribution is 2.33. The van der Waals surface area contributed by atoms with Crippen LogP contribution in [-0.4, -0.2) is 38.1 Å². The van der Waals surface area contributed by atoms with E-state index in [2.05, 4.69) is 10.6 Å². The van der Waals surface area contributed by atoms with Crippen molar-refractivity contribution >= 4 is 11.8 Å². The fourth-order valence-corrected chi connectivity index (χ4v) is 2.61. The van der Waals surface area contributed by atoms with Crippen molar-refractivity contribution in [2.45, 2.75) is 6.18 Å². The summed E-state index contributed by atoms with van der Waals surface area (Å²) in [6.45, 7) is 1.00. The van der Waals surface area contributed by atoms with E-state index in [9.17, 15) is 22.8 Å². The zero-order chi connectivity index (χ0) is 20.1. The van der Waals surface area contributed by atoms with E-state index in [0.717, 1.165) is 24.3 Å². The van der Waals surface area contributed by atoms with Gasteiger partial charge in [-0.15, -0.1) is 0 Å². The van der Waals surface area contributed by atoms with Crippen molar-refractivity contribution in [2.75, 3.05) is 26.3 Å². The van der Waals surface area contributed by atoms with Crippen molar-refractivity contribution in [1.29, 1.82) is 0 Å².